The van der Waals surface area contributed by atoms with Crippen molar-refractivity contribution in [2.24, 2.45) is 0 Å². The highest BCUT2D eigenvalue weighted by Gasteiger charge is 2.08. The van der Waals surface area contributed by atoms with E-state index in [1.54, 1.807) is 11.8 Å². The molecule has 2 nitrogen and oxygen atoms in total. The van der Waals surface area contributed by atoms with Crippen LogP contribution in [0.2, 0.25) is 10.2 Å². The van der Waals surface area contributed by atoms with Crippen LogP contribution in [0.4, 0.5) is 0 Å². The first-order valence-electron chi connectivity index (χ1n) is 4.82. The summed E-state index contributed by atoms with van der Waals surface area (Å²) in [6, 6.07) is 7.70. The number of aromatic nitrogens is 1. The predicted molar refractivity (Wildman–Crippen MR) is 74.1 cm³/mol. The maximum atomic E-state index is 9.01. The Balaban J connectivity index is 1.99. The number of aliphatic hydroxyl groups is 1. The van der Waals surface area contributed by atoms with Crippen LogP contribution in [-0.2, 0) is 12.4 Å². The average molecular weight is 306 g/mol. The van der Waals surface area contributed by atoms with Crippen LogP contribution in [0.5, 0.6) is 0 Å². The molecule has 0 amide bonds. The van der Waals surface area contributed by atoms with Crippen molar-refractivity contribution >= 4 is 46.3 Å². The van der Waals surface area contributed by atoms with E-state index in [4.69, 9.17) is 28.3 Å². The van der Waals surface area contributed by atoms with Crippen molar-refractivity contribution in [2.45, 2.75) is 16.7 Å². The number of rotatable bonds is 4. The monoisotopic (exact) mass is 305 g/mol. The van der Waals surface area contributed by atoms with Gasteiger partial charge in [0.05, 0.1) is 11.5 Å². The van der Waals surface area contributed by atoms with Gasteiger partial charge >= 0.3 is 0 Å². The molecule has 0 saturated heterocycles. The maximum absolute atomic E-state index is 9.01. The van der Waals surface area contributed by atoms with Crippen molar-refractivity contribution in [2.75, 3.05) is 0 Å². The fraction of sp³-hybridized carbons (Fsp3) is 0.182. The summed E-state index contributed by atoms with van der Waals surface area (Å²) in [5.41, 5.74) is 1.18. The quantitative estimate of drug-likeness (QED) is 0.858. The number of thiazole rings is 1. The van der Waals surface area contributed by atoms with Crippen LogP contribution in [0.1, 0.15) is 10.4 Å². The van der Waals surface area contributed by atoms with Crippen molar-refractivity contribution in [3.63, 3.8) is 0 Å². The minimum absolute atomic E-state index is 0.0575. The highest BCUT2D eigenvalue weighted by atomic mass is 35.5. The zero-order chi connectivity index (χ0) is 12.3. The van der Waals surface area contributed by atoms with E-state index in [0.29, 0.717) is 10.0 Å². The van der Waals surface area contributed by atoms with Crippen LogP contribution in [0.25, 0.3) is 0 Å². The van der Waals surface area contributed by atoms with Crippen LogP contribution < -0.4 is 0 Å². The highest BCUT2D eigenvalue weighted by Crippen LogP contribution is 2.32. The van der Waals surface area contributed by atoms with Gasteiger partial charge in [0.15, 0.2) is 4.34 Å². The zero-order valence-corrected chi connectivity index (χ0v) is 11.8. The second kappa shape index (κ2) is 6.07. The summed E-state index contributed by atoms with van der Waals surface area (Å²) >= 11 is 14.7. The summed E-state index contributed by atoms with van der Waals surface area (Å²) in [6.07, 6.45) is 0. The second-order valence-electron chi connectivity index (χ2n) is 3.27. The summed E-state index contributed by atoms with van der Waals surface area (Å²) < 4.78 is 0.869. The van der Waals surface area contributed by atoms with Gasteiger partial charge in [0.25, 0.3) is 0 Å². The molecule has 17 heavy (non-hydrogen) atoms. The average Bonchev–Trinajstić information content (AvgIpc) is 2.69. The first kappa shape index (κ1) is 13.2. The molecule has 0 aliphatic heterocycles. The standard InChI is InChI=1S/C11H9Cl2NOS2/c12-8-3-1-7(2-4-8)6-16-11-14-10(13)9(5-15)17-11/h1-4,15H,5-6H2. The second-order valence-corrected chi connectivity index (χ2v) is 6.37. The van der Waals surface area contributed by atoms with Gasteiger partial charge in [-0.3, -0.25) is 0 Å². The van der Waals surface area contributed by atoms with Gasteiger partial charge in [-0.15, -0.1) is 11.3 Å². The van der Waals surface area contributed by atoms with Gasteiger partial charge in [0.2, 0.25) is 0 Å². The van der Waals surface area contributed by atoms with E-state index < -0.39 is 0 Å². The zero-order valence-electron chi connectivity index (χ0n) is 8.69. The Morgan fingerprint density at radius 1 is 1.24 bits per heavy atom. The number of thioether (sulfide) groups is 1. The molecule has 0 spiro atoms. The Morgan fingerprint density at radius 2 is 1.94 bits per heavy atom. The molecule has 2 rings (SSSR count). The van der Waals surface area contributed by atoms with E-state index in [0.717, 1.165) is 15.1 Å². The van der Waals surface area contributed by atoms with Crippen molar-refractivity contribution in [1.82, 2.24) is 4.98 Å². The first-order valence-corrected chi connectivity index (χ1v) is 7.38. The SMILES string of the molecule is OCc1sc(SCc2ccc(Cl)cc2)nc1Cl. The Labute approximate surface area is 118 Å². The first-order chi connectivity index (χ1) is 8.19. The van der Waals surface area contributed by atoms with Gasteiger partial charge in [-0.05, 0) is 17.7 Å². The molecule has 2 aromatic rings. The van der Waals surface area contributed by atoms with E-state index in [2.05, 4.69) is 4.98 Å². The van der Waals surface area contributed by atoms with E-state index in [9.17, 15) is 0 Å². The molecule has 90 valence electrons. The van der Waals surface area contributed by atoms with Crippen LogP contribution >= 0.6 is 46.3 Å². The lowest BCUT2D eigenvalue weighted by molar-refractivity contribution is 0.285. The van der Waals surface area contributed by atoms with Crippen LogP contribution in [0.15, 0.2) is 28.6 Å². The van der Waals surface area contributed by atoms with Gasteiger partial charge < -0.3 is 5.11 Å². The number of hydrogen-bond donors (Lipinski definition) is 1. The molecule has 0 fully saturated rings. The summed E-state index contributed by atoms with van der Waals surface area (Å²) in [6.45, 7) is -0.0575. The van der Waals surface area contributed by atoms with E-state index in [1.165, 1.54) is 16.9 Å². The Kier molecular flexibility index (Phi) is 4.70. The number of benzene rings is 1. The molecule has 0 bridgehead atoms. The number of hydrogen-bond acceptors (Lipinski definition) is 4. The smallest absolute Gasteiger partial charge is 0.152 e. The van der Waals surface area contributed by atoms with Crippen LogP contribution in [0.3, 0.4) is 0 Å². The molecule has 0 aliphatic rings. The Hall–Kier alpha value is -0.260. The van der Waals surface area contributed by atoms with E-state index in [-0.39, 0.29) is 6.61 Å². The lowest BCUT2D eigenvalue weighted by Gasteiger charge is -1.98. The maximum Gasteiger partial charge on any atom is 0.152 e. The fourth-order valence-electron chi connectivity index (χ4n) is 1.20. The summed E-state index contributed by atoms with van der Waals surface area (Å²) in [7, 11) is 0. The number of nitrogens with zero attached hydrogens (tertiary/aromatic N) is 1. The molecule has 1 heterocycles. The lowest BCUT2D eigenvalue weighted by Crippen LogP contribution is -1.79. The molecule has 1 aromatic carbocycles. The number of halogens is 2. The third-order valence-electron chi connectivity index (χ3n) is 2.05. The van der Waals surface area contributed by atoms with Gasteiger partial charge in [0, 0.05) is 10.8 Å². The third-order valence-corrected chi connectivity index (χ3v) is 4.98. The van der Waals surface area contributed by atoms with Crippen LogP contribution in [0, 0.1) is 0 Å². The molecule has 6 heteroatoms. The van der Waals surface area contributed by atoms with Crippen LogP contribution in [-0.4, -0.2) is 10.1 Å². The summed E-state index contributed by atoms with van der Waals surface area (Å²) in [5, 5.41) is 10.1. The van der Waals surface area contributed by atoms with Crippen molar-refractivity contribution in [3.05, 3.63) is 44.9 Å². The molecule has 0 aliphatic carbocycles. The van der Waals surface area contributed by atoms with Crippen molar-refractivity contribution in [3.8, 4) is 0 Å². The molecular formula is C11H9Cl2NOS2. The molecule has 0 atom stereocenters. The predicted octanol–water partition coefficient (Wildman–Crippen LogP) is 4.23. The highest BCUT2D eigenvalue weighted by molar-refractivity contribution is 8.00. The van der Waals surface area contributed by atoms with E-state index in [1.807, 2.05) is 24.3 Å². The van der Waals surface area contributed by atoms with Crippen molar-refractivity contribution in [1.29, 1.82) is 0 Å². The van der Waals surface area contributed by atoms with E-state index >= 15 is 0 Å². The lowest BCUT2D eigenvalue weighted by atomic mass is 10.2. The topological polar surface area (TPSA) is 33.1 Å². The molecule has 0 unspecified atom stereocenters. The molecule has 1 aromatic heterocycles. The third kappa shape index (κ3) is 3.60. The van der Waals surface area contributed by atoms with Crippen molar-refractivity contribution < 1.29 is 5.11 Å². The largest absolute Gasteiger partial charge is 0.391 e. The molecule has 0 radical (unpaired) electrons. The minimum Gasteiger partial charge on any atom is -0.391 e. The van der Waals surface area contributed by atoms with Gasteiger partial charge in [-0.25, -0.2) is 4.98 Å². The Morgan fingerprint density at radius 3 is 2.53 bits per heavy atom. The summed E-state index contributed by atoms with van der Waals surface area (Å²) in [4.78, 5) is 4.89. The van der Waals surface area contributed by atoms with Gasteiger partial charge in [0.1, 0.15) is 5.15 Å². The molecular weight excluding hydrogens is 297 g/mol. The van der Waals surface area contributed by atoms with Gasteiger partial charge in [-0.1, -0.05) is 47.1 Å². The Bertz CT molecular complexity index is 499. The molecule has 1 N–H and O–H groups in total. The summed E-state index contributed by atoms with van der Waals surface area (Å²) in [5.74, 6) is 0.811. The normalized spacial score (nSPS) is 10.8. The van der Waals surface area contributed by atoms with Gasteiger partial charge in [-0.2, -0.15) is 0 Å². The minimum atomic E-state index is -0.0575. The number of aliphatic hydroxyl groups excluding tert-OH is 1. The fourth-order valence-corrected chi connectivity index (χ4v) is 3.58. The molecule has 0 saturated carbocycles.